The van der Waals surface area contributed by atoms with Gasteiger partial charge in [0.25, 0.3) is 0 Å². The molecule has 0 saturated carbocycles. The molecule has 0 aliphatic carbocycles. The average Bonchev–Trinajstić information content (AvgIpc) is 3.25. The summed E-state index contributed by atoms with van der Waals surface area (Å²) < 4.78 is 32.8. The topological polar surface area (TPSA) is 149 Å². The first-order chi connectivity index (χ1) is 29.7. The van der Waals surface area contributed by atoms with E-state index in [0.717, 1.165) is 64.2 Å². The number of rotatable bonds is 47. The van der Waals surface area contributed by atoms with Crippen molar-refractivity contribution in [2.24, 2.45) is 0 Å². The summed E-state index contributed by atoms with van der Waals surface area (Å²) in [6.45, 7) is 2.36. The van der Waals surface area contributed by atoms with Crippen LogP contribution in [0, 0.1) is 0 Å². The Balaban J connectivity index is 4.16. The number of aliphatic hydroxyl groups excluding tert-OH is 2. The first-order valence-corrected chi connectivity index (χ1v) is 26.4. The smallest absolute Gasteiger partial charge is 0.462 e. The quantitative estimate of drug-likeness (QED) is 0.0233. The van der Waals surface area contributed by atoms with E-state index in [-0.39, 0.29) is 19.4 Å². The molecule has 0 aliphatic rings. The molecule has 0 bridgehead atoms. The molecule has 61 heavy (non-hydrogen) atoms. The third kappa shape index (κ3) is 46.0. The normalized spacial score (nSPS) is 14.0. The number of esters is 2. The van der Waals surface area contributed by atoms with E-state index in [1.807, 2.05) is 0 Å². The zero-order chi connectivity index (χ0) is 44.8. The molecule has 0 rings (SSSR count). The van der Waals surface area contributed by atoms with Gasteiger partial charge in [-0.05, 0) is 70.6 Å². The lowest BCUT2D eigenvalue weighted by Crippen LogP contribution is -2.29. The number of aliphatic hydroxyl groups is 2. The van der Waals surface area contributed by atoms with Crippen LogP contribution in [0.4, 0.5) is 0 Å². The van der Waals surface area contributed by atoms with E-state index in [4.69, 9.17) is 23.6 Å². The van der Waals surface area contributed by atoms with Crippen molar-refractivity contribution in [3.05, 3.63) is 36.5 Å². The number of unbranched alkanes of at least 4 members (excludes halogenated alkanes) is 27. The van der Waals surface area contributed by atoms with E-state index < -0.39 is 51.8 Å². The van der Waals surface area contributed by atoms with E-state index in [2.05, 4.69) is 50.3 Å². The van der Waals surface area contributed by atoms with Crippen molar-refractivity contribution in [2.45, 2.75) is 244 Å². The molecule has 3 N–H and O–H groups in total. The molecule has 0 heterocycles. The van der Waals surface area contributed by atoms with E-state index >= 15 is 0 Å². The summed E-state index contributed by atoms with van der Waals surface area (Å²) in [6, 6.07) is 0. The highest BCUT2D eigenvalue weighted by Crippen LogP contribution is 2.43. The van der Waals surface area contributed by atoms with Crippen LogP contribution in [0.5, 0.6) is 0 Å². The van der Waals surface area contributed by atoms with E-state index in [0.29, 0.717) is 12.8 Å². The molecule has 11 heteroatoms. The molecule has 0 spiro atoms. The molecule has 0 aliphatic heterocycles. The highest BCUT2D eigenvalue weighted by molar-refractivity contribution is 7.47. The molecular weight excluding hydrogens is 792 g/mol. The zero-order valence-corrected chi connectivity index (χ0v) is 40.0. The van der Waals surface area contributed by atoms with Gasteiger partial charge in [-0.25, -0.2) is 4.57 Å². The molecule has 0 aromatic carbocycles. The Bertz CT molecular complexity index is 1110. The summed E-state index contributed by atoms with van der Waals surface area (Å²) >= 11 is 0. The van der Waals surface area contributed by atoms with Gasteiger partial charge in [0.15, 0.2) is 6.10 Å². The fourth-order valence-corrected chi connectivity index (χ4v) is 7.69. The summed E-state index contributed by atoms with van der Waals surface area (Å²) in [5.41, 5.74) is 0. The third-order valence-electron chi connectivity index (χ3n) is 10.8. The molecule has 3 unspecified atom stereocenters. The van der Waals surface area contributed by atoms with Gasteiger partial charge in [0.2, 0.25) is 0 Å². The standard InChI is InChI=1S/C50H93O10P/c1-3-5-7-9-11-13-15-17-19-20-21-22-23-24-25-26-28-29-31-33-35-37-39-41-49(53)57-45-48(46-59-61(55,56)58-44-47(52)43-51)60-50(54)42-40-38-36-34-32-30-27-18-16-14-12-10-8-6-4-2/h12,14,18,20-21,27,47-48,51-52H,3-11,13,15-17,19,22-26,28-46H2,1-2H3,(H,55,56)/b14-12-,21-20-,27-18-. The highest BCUT2D eigenvalue weighted by atomic mass is 31.2. The van der Waals surface area contributed by atoms with Crippen LogP contribution in [0.15, 0.2) is 36.5 Å². The monoisotopic (exact) mass is 885 g/mol. The number of carbonyl (C=O) groups is 2. The maximum absolute atomic E-state index is 12.6. The molecule has 0 amide bonds. The second-order valence-corrected chi connectivity index (χ2v) is 18.3. The molecule has 0 radical (unpaired) electrons. The van der Waals surface area contributed by atoms with Crippen molar-refractivity contribution in [1.29, 1.82) is 0 Å². The van der Waals surface area contributed by atoms with E-state index in [1.165, 1.54) is 128 Å². The fraction of sp³-hybridized carbons (Fsp3) is 0.840. The van der Waals surface area contributed by atoms with Gasteiger partial charge in [0.1, 0.15) is 12.7 Å². The predicted octanol–water partition coefficient (Wildman–Crippen LogP) is 13.9. The predicted molar refractivity (Wildman–Crippen MR) is 251 cm³/mol. The number of allylic oxidation sites excluding steroid dienone is 6. The molecule has 358 valence electrons. The lowest BCUT2D eigenvalue weighted by Gasteiger charge is -2.20. The SMILES string of the molecule is CCCCC/C=C\C/C=C\CCCCCCCC(=O)OC(COC(=O)CCCCCCCCCCCCC/C=C\CCCCCCCCCC)COP(=O)(O)OCC(O)CO. The number of phosphoric acid groups is 1. The van der Waals surface area contributed by atoms with Crippen LogP contribution in [0.25, 0.3) is 0 Å². The minimum absolute atomic E-state index is 0.169. The second kappa shape index (κ2) is 46.2. The van der Waals surface area contributed by atoms with Crippen LogP contribution in [-0.2, 0) is 32.7 Å². The minimum Gasteiger partial charge on any atom is -0.462 e. The Morgan fingerprint density at radius 1 is 0.492 bits per heavy atom. The summed E-state index contributed by atoms with van der Waals surface area (Å²) in [4.78, 5) is 35.1. The van der Waals surface area contributed by atoms with Crippen molar-refractivity contribution >= 4 is 19.8 Å². The van der Waals surface area contributed by atoms with Crippen LogP contribution in [0.3, 0.4) is 0 Å². The first kappa shape index (κ1) is 59.2. The lowest BCUT2D eigenvalue weighted by molar-refractivity contribution is -0.161. The van der Waals surface area contributed by atoms with Crippen molar-refractivity contribution < 1.29 is 47.8 Å². The van der Waals surface area contributed by atoms with Gasteiger partial charge < -0.3 is 24.6 Å². The van der Waals surface area contributed by atoms with Crippen LogP contribution >= 0.6 is 7.82 Å². The van der Waals surface area contributed by atoms with Crippen LogP contribution in [0.1, 0.15) is 232 Å². The number of phosphoric ester groups is 1. The lowest BCUT2D eigenvalue weighted by atomic mass is 10.0. The van der Waals surface area contributed by atoms with Gasteiger partial charge in [-0.1, -0.05) is 185 Å². The maximum Gasteiger partial charge on any atom is 0.472 e. The number of carbonyl (C=O) groups excluding carboxylic acids is 2. The summed E-state index contributed by atoms with van der Waals surface area (Å²) in [5, 5.41) is 18.4. The highest BCUT2D eigenvalue weighted by Gasteiger charge is 2.27. The molecule has 0 aromatic rings. The first-order valence-electron chi connectivity index (χ1n) is 24.9. The van der Waals surface area contributed by atoms with Gasteiger partial charge in [0, 0.05) is 12.8 Å². The maximum atomic E-state index is 12.6. The van der Waals surface area contributed by atoms with Crippen LogP contribution in [0.2, 0.25) is 0 Å². The van der Waals surface area contributed by atoms with Crippen molar-refractivity contribution in [2.75, 3.05) is 26.4 Å². The Kier molecular flexibility index (Phi) is 44.8. The zero-order valence-electron chi connectivity index (χ0n) is 39.1. The summed E-state index contributed by atoms with van der Waals surface area (Å²) in [7, 11) is -4.62. The minimum atomic E-state index is -4.62. The van der Waals surface area contributed by atoms with E-state index in [9.17, 15) is 24.2 Å². The van der Waals surface area contributed by atoms with Gasteiger partial charge in [0.05, 0.1) is 19.8 Å². The van der Waals surface area contributed by atoms with Gasteiger partial charge >= 0.3 is 19.8 Å². The third-order valence-corrected chi connectivity index (χ3v) is 11.7. The van der Waals surface area contributed by atoms with Gasteiger partial charge in [-0.2, -0.15) is 0 Å². The van der Waals surface area contributed by atoms with Crippen molar-refractivity contribution in [3.63, 3.8) is 0 Å². The molecule has 3 atom stereocenters. The van der Waals surface area contributed by atoms with Crippen molar-refractivity contribution in [3.8, 4) is 0 Å². The largest absolute Gasteiger partial charge is 0.472 e. The van der Waals surface area contributed by atoms with Gasteiger partial charge in [-0.15, -0.1) is 0 Å². The summed E-state index contributed by atoms with van der Waals surface area (Å²) in [6.07, 6.45) is 49.7. The molecule has 10 nitrogen and oxygen atoms in total. The Morgan fingerprint density at radius 3 is 1.31 bits per heavy atom. The Hall–Kier alpha value is -1.81. The van der Waals surface area contributed by atoms with Gasteiger partial charge in [-0.3, -0.25) is 18.6 Å². The van der Waals surface area contributed by atoms with Crippen molar-refractivity contribution in [1.82, 2.24) is 0 Å². The number of ether oxygens (including phenoxy) is 2. The fourth-order valence-electron chi connectivity index (χ4n) is 6.90. The summed E-state index contributed by atoms with van der Waals surface area (Å²) in [5.74, 6) is -0.935. The Labute approximate surface area is 373 Å². The van der Waals surface area contributed by atoms with Crippen LogP contribution in [-0.4, -0.2) is 65.7 Å². The second-order valence-electron chi connectivity index (χ2n) is 16.8. The average molecular weight is 885 g/mol. The molecule has 0 fully saturated rings. The number of hydrogen-bond donors (Lipinski definition) is 3. The molecule has 0 saturated heterocycles. The molecular formula is C50H93O10P. The van der Waals surface area contributed by atoms with Crippen LogP contribution < -0.4 is 0 Å². The van der Waals surface area contributed by atoms with E-state index in [1.54, 1.807) is 0 Å². The number of hydrogen-bond acceptors (Lipinski definition) is 9. The molecule has 0 aromatic heterocycles. The Morgan fingerprint density at radius 2 is 0.852 bits per heavy atom.